The van der Waals surface area contributed by atoms with E-state index in [0.29, 0.717) is 5.75 Å². The number of H-pyrrole nitrogens is 1. The summed E-state index contributed by atoms with van der Waals surface area (Å²) in [5.74, 6) is -0.955. The summed E-state index contributed by atoms with van der Waals surface area (Å²) in [6.07, 6.45) is -6.64. The minimum absolute atomic E-state index is 0.184. The van der Waals surface area contributed by atoms with Crippen LogP contribution in [0.25, 0.3) is 10.9 Å². The second-order valence-corrected chi connectivity index (χ2v) is 5.42. The van der Waals surface area contributed by atoms with Crippen LogP contribution in [0.2, 0.25) is 0 Å². The van der Waals surface area contributed by atoms with Crippen molar-refractivity contribution in [3.63, 3.8) is 0 Å². The molecule has 1 aliphatic rings. The molecule has 1 fully saturated rings. The first-order valence-corrected chi connectivity index (χ1v) is 7.16. The number of aromatic nitrogens is 1. The molecule has 5 atom stereocenters. The number of nitrogens with one attached hydrogen (secondary N) is 1. The molecule has 9 nitrogen and oxygen atoms in total. The van der Waals surface area contributed by atoms with Gasteiger partial charge < -0.3 is 39.6 Å². The van der Waals surface area contributed by atoms with Gasteiger partial charge in [-0.1, -0.05) is 0 Å². The molecule has 1 aromatic heterocycles. The minimum atomic E-state index is -1.77. The fourth-order valence-corrected chi connectivity index (χ4v) is 2.59. The van der Waals surface area contributed by atoms with E-state index in [9.17, 15) is 20.1 Å². The maximum absolute atomic E-state index is 11.1. The van der Waals surface area contributed by atoms with Crippen molar-refractivity contribution < 1.29 is 39.4 Å². The lowest BCUT2D eigenvalue weighted by atomic mass is 9.99. The summed E-state index contributed by atoms with van der Waals surface area (Å²) in [5, 5.41) is 39.4. The van der Waals surface area contributed by atoms with Crippen LogP contribution in [0.3, 0.4) is 0 Å². The highest BCUT2D eigenvalue weighted by molar-refractivity contribution is 5.83. The van der Waals surface area contributed by atoms with Gasteiger partial charge in [0.25, 0.3) is 0 Å². The lowest BCUT2D eigenvalue weighted by Crippen LogP contribution is -2.61. The first kappa shape index (κ1) is 16.5. The van der Waals surface area contributed by atoms with Crippen molar-refractivity contribution >= 4 is 16.9 Å². The second kappa shape index (κ2) is 6.29. The average molecular weight is 339 g/mol. The van der Waals surface area contributed by atoms with Crippen molar-refractivity contribution in [1.82, 2.24) is 4.98 Å². The fraction of sp³-hybridized carbons (Fsp3) is 0.400. The fourth-order valence-electron chi connectivity index (χ4n) is 2.59. The Balaban J connectivity index is 1.90. The number of hydrogen-bond acceptors (Lipinski definition) is 7. The van der Waals surface area contributed by atoms with Gasteiger partial charge in [0, 0.05) is 23.2 Å². The molecule has 0 amide bonds. The van der Waals surface area contributed by atoms with E-state index in [2.05, 4.69) is 4.98 Å². The number of ether oxygens (including phenoxy) is 3. The Hall–Kier alpha value is -2.33. The maximum Gasteiger partial charge on any atom is 0.335 e. The molecule has 24 heavy (non-hydrogen) atoms. The lowest BCUT2D eigenvalue weighted by molar-refractivity contribution is -0.271. The Labute approximate surface area is 136 Å². The van der Waals surface area contributed by atoms with Crippen molar-refractivity contribution in [1.29, 1.82) is 0 Å². The summed E-state index contributed by atoms with van der Waals surface area (Å²) in [6.45, 7) is 0. The minimum Gasteiger partial charge on any atom is -0.493 e. The van der Waals surface area contributed by atoms with Crippen LogP contribution in [-0.2, 0) is 9.53 Å². The van der Waals surface area contributed by atoms with Gasteiger partial charge in [-0.15, -0.1) is 0 Å². The molecule has 9 heteroatoms. The van der Waals surface area contributed by atoms with E-state index < -0.39 is 36.7 Å². The molecule has 1 aliphatic heterocycles. The predicted molar refractivity (Wildman–Crippen MR) is 79.8 cm³/mol. The first-order chi connectivity index (χ1) is 11.4. The van der Waals surface area contributed by atoms with Gasteiger partial charge in [-0.25, -0.2) is 4.79 Å². The number of benzene rings is 1. The Morgan fingerprint density at radius 3 is 2.58 bits per heavy atom. The molecule has 3 rings (SSSR count). The van der Waals surface area contributed by atoms with Crippen LogP contribution >= 0.6 is 0 Å². The smallest absolute Gasteiger partial charge is 0.335 e. The van der Waals surface area contributed by atoms with Crippen molar-refractivity contribution in [2.45, 2.75) is 30.7 Å². The van der Waals surface area contributed by atoms with Crippen LogP contribution < -0.4 is 9.47 Å². The molecule has 0 spiro atoms. The van der Waals surface area contributed by atoms with Crippen LogP contribution in [0.4, 0.5) is 0 Å². The standard InChI is InChI=1S/C15H17NO8/c1-22-8-4-6-2-3-16-7(6)5-9(8)23-15-12(19)10(17)11(18)13(24-15)14(20)21/h2-5,10-13,15-19H,1H3,(H,20,21)/t10-,11-,12+,13-,15?/m0/s1. The Morgan fingerprint density at radius 2 is 1.92 bits per heavy atom. The summed E-state index contributed by atoms with van der Waals surface area (Å²) in [4.78, 5) is 14.1. The van der Waals surface area contributed by atoms with Crippen molar-refractivity contribution in [3.05, 3.63) is 24.4 Å². The summed E-state index contributed by atoms with van der Waals surface area (Å²) in [7, 11) is 1.43. The van der Waals surface area contributed by atoms with Gasteiger partial charge in [0.15, 0.2) is 17.6 Å². The molecule has 0 saturated carbocycles. The molecule has 1 unspecified atom stereocenters. The topological polar surface area (TPSA) is 141 Å². The molecule has 5 N–H and O–H groups in total. The molecule has 0 bridgehead atoms. The molecule has 130 valence electrons. The monoisotopic (exact) mass is 339 g/mol. The number of hydrogen-bond donors (Lipinski definition) is 5. The number of methoxy groups -OCH3 is 1. The van der Waals surface area contributed by atoms with E-state index in [1.807, 2.05) is 6.07 Å². The zero-order valence-electron chi connectivity index (χ0n) is 12.6. The summed E-state index contributed by atoms with van der Waals surface area (Å²) in [6, 6.07) is 5.11. The van der Waals surface area contributed by atoms with Gasteiger partial charge in [0.2, 0.25) is 6.29 Å². The number of carbonyl (C=O) groups is 1. The molecular weight excluding hydrogens is 322 g/mol. The van der Waals surface area contributed by atoms with Crippen LogP contribution in [0, 0.1) is 0 Å². The zero-order valence-corrected chi connectivity index (χ0v) is 12.6. The first-order valence-electron chi connectivity index (χ1n) is 7.16. The van der Waals surface area contributed by atoms with E-state index in [0.717, 1.165) is 10.9 Å². The van der Waals surface area contributed by atoms with Crippen molar-refractivity contribution in [3.8, 4) is 11.5 Å². The number of aromatic amines is 1. The van der Waals surface area contributed by atoms with Gasteiger partial charge in [0.05, 0.1) is 7.11 Å². The average Bonchev–Trinajstić information content (AvgIpc) is 3.01. The van der Waals surface area contributed by atoms with Gasteiger partial charge in [-0.3, -0.25) is 0 Å². The van der Waals surface area contributed by atoms with Crippen LogP contribution in [0.1, 0.15) is 0 Å². The van der Waals surface area contributed by atoms with Crippen LogP contribution in [0.5, 0.6) is 11.5 Å². The van der Waals surface area contributed by atoms with E-state index in [1.54, 1.807) is 18.3 Å². The number of carboxylic acids is 1. The third kappa shape index (κ3) is 2.78. The molecular formula is C15H17NO8. The number of aliphatic hydroxyl groups is 3. The number of fused-ring (bicyclic) bond motifs is 1. The largest absolute Gasteiger partial charge is 0.493 e. The second-order valence-electron chi connectivity index (χ2n) is 5.42. The molecule has 1 saturated heterocycles. The molecule has 2 heterocycles. The van der Waals surface area contributed by atoms with Crippen molar-refractivity contribution in [2.24, 2.45) is 0 Å². The summed E-state index contributed by atoms with van der Waals surface area (Å²) in [5.41, 5.74) is 0.728. The third-order valence-electron chi connectivity index (χ3n) is 3.89. The van der Waals surface area contributed by atoms with Crippen LogP contribution in [0.15, 0.2) is 24.4 Å². The third-order valence-corrected chi connectivity index (χ3v) is 3.89. The lowest BCUT2D eigenvalue weighted by Gasteiger charge is -2.38. The number of aliphatic hydroxyl groups excluding tert-OH is 3. The normalized spacial score (nSPS) is 30.2. The van der Waals surface area contributed by atoms with E-state index in [1.165, 1.54) is 7.11 Å². The van der Waals surface area contributed by atoms with E-state index >= 15 is 0 Å². The SMILES string of the molecule is COc1cc2cc[nH]c2cc1OC1O[C@H](C(=O)O)[C@@H](O)[C@H](O)[C@H]1O. The molecule has 0 radical (unpaired) electrons. The van der Waals surface area contributed by atoms with E-state index in [4.69, 9.17) is 19.3 Å². The molecule has 1 aromatic carbocycles. The Morgan fingerprint density at radius 1 is 1.17 bits per heavy atom. The van der Waals surface area contributed by atoms with Crippen LogP contribution in [-0.4, -0.2) is 69.2 Å². The highest BCUT2D eigenvalue weighted by atomic mass is 16.7. The van der Waals surface area contributed by atoms with Crippen molar-refractivity contribution in [2.75, 3.05) is 7.11 Å². The van der Waals surface area contributed by atoms with Gasteiger partial charge in [-0.2, -0.15) is 0 Å². The van der Waals surface area contributed by atoms with E-state index in [-0.39, 0.29) is 5.75 Å². The number of carboxylic acid groups (broad SMARTS) is 1. The summed E-state index contributed by atoms with van der Waals surface area (Å²) >= 11 is 0. The Bertz CT molecular complexity index is 744. The Kier molecular flexibility index (Phi) is 4.33. The van der Waals surface area contributed by atoms with Gasteiger partial charge in [0.1, 0.15) is 18.3 Å². The number of rotatable bonds is 4. The molecule has 2 aromatic rings. The molecule has 0 aliphatic carbocycles. The van der Waals surface area contributed by atoms with Gasteiger partial charge >= 0.3 is 5.97 Å². The highest BCUT2D eigenvalue weighted by Crippen LogP contribution is 2.34. The number of aliphatic carboxylic acids is 1. The quantitative estimate of drug-likeness (QED) is 0.499. The predicted octanol–water partition coefficient (Wildman–Crippen LogP) is -0.553. The highest BCUT2D eigenvalue weighted by Gasteiger charge is 2.48. The zero-order chi connectivity index (χ0) is 17.4. The maximum atomic E-state index is 11.1. The van der Waals surface area contributed by atoms with Gasteiger partial charge in [-0.05, 0) is 12.1 Å². The summed E-state index contributed by atoms with van der Waals surface area (Å²) < 4.78 is 15.8.